The van der Waals surface area contributed by atoms with E-state index < -0.39 is 28.3 Å². The fraction of sp³-hybridized carbons (Fsp3) is 0.556. The van der Waals surface area contributed by atoms with E-state index >= 15 is 0 Å². The summed E-state index contributed by atoms with van der Waals surface area (Å²) in [7, 11) is 3.59. The Hall–Kier alpha value is -1.14. The summed E-state index contributed by atoms with van der Waals surface area (Å²) in [5, 5.41) is -0.552. The van der Waals surface area contributed by atoms with E-state index in [2.05, 4.69) is 4.98 Å². The van der Waals surface area contributed by atoms with Crippen molar-refractivity contribution in [3.63, 3.8) is 0 Å². The largest absolute Gasteiger partial charge is 0.329 e. The van der Waals surface area contributed by atoms with Crippen LogP contribution in [-0.4, -0.2) is 35.1 Å². The molecule has 90 valence electrons. The minimum absolute atomic E-state index is 0.432. The smallest absolute Gasteiger partial charge is 0.307 e. The van der Waals surface area contributed by atoms with E-state index in [4.69, 9.17) is 11.6 Å². The number of hydrogen-bond acceptors (Lipinski definition) is 3. The minimum Gasteiger partial charge on any atom is -0.307 e. The van der Waals surface area contributed by atoms with Crippen LogP contribution in [0.25, 0.3) is 0 Å². The van der Waals surface area contributed by atoms with Crippen molar-refractivity contribution >= 4 is 11.6 Å². The Bertz CT molecular complexity index is 495. The molecule has 16 heavy (non-hydrogen) atoms. The molecule has 0 aliphatic heterocycles. The number of nitrogens with zero attached hydrogens (tertiary/aromatic N) is 2. The highest BCUT2D eigenvalue weighted by Gasteiger charge is 2.17. The van der Waals surface area contributed by atoms with E-state index in [0.29, 0.717) is 6.54 Å². The van der Waals surface area contributed by atoms with Gasteiger partial charge < -0.3 is 4.90 Å². The maximum Gasteiger partial charge on any atom is 0.329 e. The zero-order chi connectivity index (χ0) is 12.5. The van der Waals surface area contributed by atoms with Crippen LogP contribution in [0.15, 0.2) is 9.59 Å². The van der Waals surface area contributed by atoms with Gasteiger partial charge in [-0.05, 0) is 21.0 Å². The zero-order valence-electron chi connectivity index (χ0n) is 9.25. The van der Waals surface area contributed by atoms with Gasteiger partial charge in [-0.2, -0.15) is 4.39 Å². The Balaban J connectivity index is 3.30. The van der Waals surface area contributed by atoms with Gasteiger partial charge in [0.15, 0.2) is 5.15 Å². The fourth-order valence-electron chi connectivity index (χ4n) is 1.51. The maximum absolute atomic E-state index is 13.2. The summed E-state index contributed by atoms with van der Waals surface area (Å²) in [6.45, 7) is 2.11. The van der Waals surface area contributed by atoms with Crippen LogP contribution in [-0.2, 0) is 0 Å². The minimum atomic E-state index is -1.13. The van der Waals surface area contributed by atoms with Crippen molar-refractivity contribution in [3.05, 3.63) is 31.8 Å². The normalized spacial score (nSPS) is 13.1. The maximum atomic E-state index is 13.2. The van der Waals surface area contributed by atoms with Crippen molar-refractivity contribution < 1.29 is 4.39 Å². The molecule has 0 aliphatic rings. The summed E-state index contributed by atoms with van der Waals surface area (Å²) < 4.78 is 14.0. The predicted octanol–water partition coefficient (Wildman–Crippen LogP) is 0.452. The molecule has 0 spiro atoms. The first-order chi connectivity index (χ1) is 7.34. The number of hydrogen-bond donors (Lipinski definition) is 1. The third-order valence-electron chi connectivity index (χ3n) is 2.10. The van der Waals surface area contributed by atoms with Crippen LogP contribution in [0, 0.1) is 5.82 Å². The van der Waals surface area contributed by atoms with Gasteiger partial charge in [0.05, 0.1) is 6.04 Å². The predicted molar refractivity (Wildman–Crippen MR) is 59.6 cm³/mol. The van der Waals surface area contributed by atoms with Gasteiger partial charge in [-0.15, -0.1) is 0 Å². The first kappa shape index (κ1) is 12.9. The number of rotatable bonds is 3. The van der Waals surface area contributed by atoms with Crippen molar-refractivity contribution in [2.24, 2.45) is 0 Å². The molecular formula is C9H13ClFN3O2. The van der Waals surface area contributed by atoms with Gasteiger partial charge in [-0.1, -0.05) is 11.6 Å². The Labute approximate surface area is 96.5 Å². The molecule has 5 nitrogen and oxygen atoms in total. The summed E-state index contributed by atoms with van der Waals surface area (Å²) in [4.78, 5) is 26.8. The second kappa shape index (κ2) is 4.80. The number of aromatic nitrogens is 2. The molecule has 1 N–H and O–H groups in total. The molecule has 1 aromatic rings. The zero-order valence-corrected chi connectivity index (χ0v) is 10.0. The van der Waals surface area contributed by atoms with Crippen LogP contribution in [0.4, 0.5) is 4.39 Å². The van der Waals surface area contributed by atoms with Crippen molar-refractivity contribution in [2.45, 2.75) is 13.0 Å². The molecule has 1 rings (SSSR count). The Kier molecular flexibility index (Phi) is 3.88. The summed E-state index contributed by atoms with van der Waals surface area (Å²) in [5.74, 6) is -1.13. The number of halogens is 2. The molecule has 0 aliphatic carbocycles. The van der Waals surface area contributed by atoms with E-state index in [9.17, 15) is 14.0 Å². The summed E-state index contributed by atoms with van der Waals surface area (Å²) in [6.07, 6.45) is 0. The average molecular weight is 250 g/mol. The van der Waals surface area contributed by atoms with Gasteiger partial charge in [0.2, 0.25) is 5.82 Å². The van der Waals surface area contributed by atoms with Crippen molar-refractivity contribution in [1.29, 1.82) is 0 Å². The van der Waals surface area contributed by atoms with Crippen LogP contribution in [0.5, 0.6) is 0 Å². The number of likely N-dealkylation sites (N-methyl/N-ethyl adjacent to an activating group) is 1. The number of aromatic amines is 1. The van der Waals surface area contributed by atoms with Crippen LogP contribution in [0.3, 0.4) is 0 Å². The third kappa shape index (κ3) is 2.51. The quantitative estimate of drug-likeness (QED) is 0.792. The Morgan fingerprint density at radius 2 is 2.06 bits per heavy atom. The van der Waals surface area contributed by atoms with Gasteiger partial charge >= 0.3 is 5.69 Å². The van der Waals surface area contributed by atoms with E-state index in [1.807, 2.05) is 0 Å². The van der Waals surface area contributed by atoms with E-state index in [1.165, 1.54) is 0 Å². The monoisotopic (exact) mass is 249 g/mol. The van der Waals surface area contributed by atoms with Crippen LogP contribution in [0.1, 0.15) is 13.0 Å². The molecule has 7 heteroatoms. The second-order valence-corrected chi connectivity index (χ2v) is 4.22. The lowest BCUT2D eigenvalue weighted by Gasteiger charge is -2.18. The number of nitrogens with one attached hydrogen (secondary N) is 1. The average Bonchev–Trinajstić information content (AvgIpc) is 2.13. The fourth-order valence-corrected chi connectivity index (χ4v) is 1.67. The molecule has 0 saturated heterocycles. The topological polar surface area (TPSA) is 58.1 Å². The molecule has 0 aromatic carbocycles. The Morgan fingerprint density at radius 1 is 1.50 bits per heavy atom. The molecule has 0 bridgehead atoms. The lowest BCUT2D eigenvalue weighted by atomic mass is 10.3. The highest BCUT2D eigenvalue weighted by atomic mass is 35.5. The molecule has 0 radical (unpaired) electrons. The van der Waals surface area contributed by atoms with Crippen LogP contribution in [0.2, 0.25) is 5.15 Å². The van der Waals surface area contributed by atoms with Crippen LogP contribution >= 0.6 is 11.6 Å². The SMILES string of the molecule is CC(CN(C)C)n1c(=O)[nH]c(Cl)c(F)c1=O. The molecule has 0 amide bonds. The third-order valence-corrected chi connectivity index (χ3v) is 2.37. The molecule has 0 fully saturated rings. The molecule has 1 aromatic heterocycles. The summed E-state index contributed by atoms with van der Waals surface area (Å²) >= 11 is 5.35. The first-order valence-corrected chi connectivity index (χ1v) is 5.07. The number of H-pyrrole nitrogens is 1. The van der Waals surface area contributed by atoms with Gasteiger partial charge in [-0.3, -0.25) is 14.3 Å². The molecule has 1 atom stereocenters. The lowest BCUT2D eigenvalue weighted by molar-refractivity contribution is 0.322. The van der Waals surface area contributed by atoms with E-state index in [0.717, 1.165) is 4.57 Å². The van der Waals surface area contributed by atoms with Gasteiger partial charge in [0, 0.05) is 6.54 Å². The van der Waals surface area contributed by atoms with E-state index in [-0.39, 0.29) is 0 Å². The first-order valence-electron chi connectivity index (χ1n) is 4.69. The lowest BCUT2D eigenvalue weighted by Crippen LogP contribution is -2.41. The van der Waals surface area contributed by atoms with Crippen molar-refractivity contribution in [3.8, 4) is 0 Å². The van der Waals surface area contributed by atoms with Crippen molar-refractivity contribution in [2.75, 3.05) is 20.6 Å². The Morgan fingerprint density at radius 3 is 2.56 bits per heavy atom. The van der Waals surface area contributed by atoms with Crippen molar-refractivity contribution in [1.82, 2.24) is 14.5 Å². The van der Waals surface area contributed by atoms with E-state index in [1.54, 1.807) is 25.9 Å². The molecule has 1 unspecified atom stereocenters. The molecule has 1 heterocycles. The standard InChI is InChI=1S/C9H13ClFN3O2/c1-5(4-13(2)3)14-8(15)6(11)7(10)12-9(14)16/h5H,4H2,1-3H3,(H,12,16). The highest BCUT2D eigenvalue weighted by molar-refractivity contribution is 6.29. The highest BCUT2D eigenvalue weighted by Crippen LogP contribution is 2.05. The molecular weight excluding hydrogens is 237 g/mol. The summed E-state index contributed by atoms with van der Waals surface area (Å²) in [6, 6.07) is -0.432. The molecule has 0 saturated carbocycles. The second-order valence-electron chi connectivity index (χ2n) is 3.84. The van der Waals surface area contributed by atoms with Crippen LogP contribution < -0.4 is 11.2 Å². The van der Waals surface area contributed by atoms with Gasteiger partial charge in [0.1, 0.15) is 0 Å². The van der Waals surface area contributed by atoms with Gasteiger partial charge in [0.25, 0.3) is 5.56 Å². The van der Waals surface area contributed by atoms with Gasteiger partial charge in [-0.25, -0.2) is 4.79 Å². The summed E-state index contributed by atoms with van der Waals surface area (Å²) in [5.41, 5.74) is -1.70.